The van der Waals surface area contributed by atoms with Gasteiger partial charge in [-0.15, -0.1) is 0 Å². The summed E-state index contributed by atoms with van der Waals surface area (Å²) >= 11 is 5.92. The van der Waals surface area contributed by atoms with Gasteiger partial charge in [0.1, 0.15) is 6.10 Å². The second-order valence-corrected chi connectivity index (χ2v) is 6.28. The van der Waals surface area contributed by atoms with Crippen molar-refractivity contribution < 1.29 is 9.53 Å². The first-order valence-electron chi connectivity index (χ1n) is 7.82. The Morgan fingerprint density at radius 1 is 1.18 bits per heavy atom. The molecule has 0 radical (unpaired) electrons. The lowest BCUT2D eigenvalue weighted by Crippen LogP contribution is -2.51. The molecule has 2 fully saturated rings. The van der Waals surface area contributed by atoms with Gasteiger partial charge in [-0.3, -0.25) is 4.79 Å². The van der Waals surface area contributed by atoms with E-state index in [0.717, 1.165) is 49.7 Å². The fourth-order valence-electron chi connectivity index (χ4n) is 3.10. The van der Waals surface area contributed by atoms with Gasteiger partial charge in [0.25, 0.3) is 5.91 Å². The number of anilines is 1. The van der Waals surface area contributed by atoms with Gasteiger partial charge in [0.05, 0.1) is 6.10 Å². The van der Waals surface area contributed by atoms with Gasteiger partial charge in [0, 0.05) is 43.4 Å². The van der Waals surface area contributed by atoms with Crippen LogP contribution in [0.3, 0.4) is 0 Å². The van der Waals surface area contributed by atoms with Gasteiger partial charge < -0.3 is 20.3 Å². The third kappa shape index (κ3) is 3.37. The highest BCUT2D eigenvalue weighted by Crippen LogP contribution is 2.23. The topological polar surface area (TPSA) is 58.8 Å². The van der Waals surface area contributed by atoms with Crippen molar-refractivity contribution in [1.82, 2.24) is 4.90 Å². The SMILES string of the molecule is NC[C@H]1CC[C@@H](C(=O)N2CCN(c3ccc(Cl)cc3)CC2)O1. The summed E-state index contributed by atoms with van der Waals surface area (Å²) in [6, 6.07) is 7.83. The number of hydrogen-bond donors (Lipinski definition) is 1. The van der Waals surface area contributed by atoms with Crippen LogP contribution in [0.25, 0.3) is 0 Å². The maximum absolute atomic E-state index is 12.5. The molecule has 5 nitrogen and oxygen atoms in total. The van der Waals surface area contributed by atoms with Gasteiger partial charge in [-0.05, 0) is 37.1 Å². The normalized spacial score (nSPS) is 25.5. The summed E-state index contributed by atoms with van der Waals surface area (Å²) in [5.74, 6) is 0.117. The third-order valence-corrected chi connectivity index (χ3v) is 4.68. The highest BCUT2D eigenvalue weighted by atomic mass is 35.5. The van der Waals surface area contributed by atoms with Crippen molar-refractivity contribution in [1.29, 1.82) is 0 Å². The van der Waals surface area contributed by atoms with Crippen molar-refractivity contribution in [3.63, 3.8) is 0 Å². The number of nitrogens with zero attached hydrogens (tertiary/aromatic N) is 2. The predicted octanol–water partition coefficient (Wildman–Crippen LogP) is 1.49. The van der Waals surface area contributed by atoms with Crippen molar-refractivity contribution in [3.05, 3.63) is 29.3 Å². The monoisotopic (exact) mass is 323 g/mol. The Morgan fingerprint density at radius 3 is 2.45 bits per heavy atom. The molecule has 1 aromatic rings. The van der Waals surface area contributed by atoms with Gasteiger partial charge >= 0.3 is 0 Å². The number of amides is 1. The van der Waals surface area contributed by atoms with Crippen LogP contribution in [-0.2, 0) is 9.53 Å². The van der Waals surface area contributed by atoms with Crippen LogP contribution in [0.5, 0.6) is 0 Å². The quantitative estimate of drug-likeness (QED) is 0.915. The molecule has 1 amide bonds. The van der Waals surface area contributed by atoms with E-state index < -0.39 is 0 Å². The molecule has 2 heterocycles. The number of carbonyl (C=O) groups is 1. The van der Waals surface area contributed by atoms with Gasteiger partial charge in [-0.25, -0.2) is 0 Å². The third-order valence-electron chi connectivity index (χ3n) is 4.43. The Kier molecular flexibility index (Phi) is 4.86. The Labute approximate surface area is 136 Å². The van der Waals surface area contributed by atoms with Crippen LogP contribution >= 0.6 is 11.6 Å². The molecule has 3 rings (SSSR count). The number of rotatable bonds is 3. The van der Waals surface area contributed by atoms with Gasteiger partial charge in [-0.1, -0.05) is 11.6 Å². The minimum absolute atomic E-state index is 0.0457. The largest absolute Gasteiger partial charge is 0.368 e. The zero-order valence-corrected chi connectivity index (χ0v) is 13.3. The minimum Gasteiger partial charge on any atom is -0.368 e. The maximum atomic E-state index is 12.5. The van der Waals surface area contributed by atoms with E-state index in [-0.39, 0.29) is 18.1 Å². The molecule has 22 heavy (non-hydrogen) atoms. The summed E-state index contributed by atoms with van der Waals surface area (Å²) in [7, 11) is 0. The van der Waals surface area contributed by atoms with E-state index in [0.29, 0.717) is 6.54 Å². The molecule has 0 unspecified atom stereocenters. The first-order chi connectivity index (χ1) is 10.7. The van der Waals surface area contributed by atoms with Crippen molar-refractivity contribution in [2.45, 2.75) is 25.0 Å². The molecule has 2 saturated heterocycles. The maximum Gasteiger partial charge on any atom is 0.251 e. The zero-order valence-electron chi connectivity index (χ0n) is 12.6. The van der Waals surface area contributed by atoms with Crippen LogP contribution < -0.4 is 10.6 Å². The molecule has 2 aliphatic rings. The lowest BCUT2D eigenvalue weighted by molar-refractivity contribution is -0.143. The number of halogens is 1. The molecule has 0 aromatic heterocycles. The number of ether oxygens (including phenoxy) is 1. The van der Waals surface area contributed by atoms with E-state index in [4.69, 9.17) is 22.1 Å². The Morgan fingerprint density at radius 2 is 1.86 bits per heavy atom. The van der Waals surface area contributed by atoms with Crippen LogP contribution in [-0.4, -0.2) is 55.7 Å². The van der Waals surface area contributed by atoms with E-state index in [2.05, 4.69) is 4.90 Å². The molecule has 0 aliphatic carbocycles. The number of carbonyl (C=O) groups excluding carboxylic acids is 1. The van der Waals surface area contributed by atoms with E-state index >= 15 is 0 Å². The van der Waals surface area contributed by atoms with Gasteiger partial charge in [0.2, 0.25) is 0 Å². The number of piperazine rings is 1. The summed E-state index contributed by atoms with van der Waals surface area (Å²) in [6.07, 6.45) is 1.43. The number of hydrogen-bond acceptors (Lipinski definition) is 4. The fraction of sp³-hybridized carbons (Fsp3) is 0.562. The Balaban J connectivity index is 1.53. The van der Waals surface area contributed by atoms with E-state index in [9.17, 15) is 4.79 Å². The smallest absolute Gasteiger partial charge is 0.251 e. The lowest BCUT2D eigenvalue weighted by Gasteiger charge is -2.37. The second-order valence-electron chi connectivity index (χ2n) is 5.85. The molecular formula is C16H22ClN3O2. The van der Waals surface area contributed by atoms with Crippen LogP contribution in [0, 0.1) is 0 Å². The molecule has 0 bridgehead atoms. The summed E-state index contributed by atoms with van der Waals surface area (Å²) in [5.41, 5.74) is 6.75. The van der Waals surface area contributed by atoms with Crippen molar-refractivity contribution in [3.8, 4) is 0 Å². The van der Waals surface area contributed by atoms with Crippen molar-refractivity contribution >= 4 is 23.2 Å². The van der Waals surface area contributed by atoms with E-state index in [1.54, 1.807) is 0 Å². The average Bonchev–Trinajstić information content (AvgIpc) is 3.04. The molecule has 2 aliphatic heterocycles. The molecule has 2 atom stereocenters. The predicted molar refractivity (Wildman–Crippen MR) is 87.2 cm³/mol. The van der Waals surface area contributed by atoms with Gasteiger partial charge in [-0.2, -0.15) is 0 Å². The number of nitrogens with two attached hydrogens (primary N) is 1. The van der Waals surface area contributed by atoms with Gasteiger partial charge in [0.15, 0.2) is 0 Å². The summed E-state index contributed by atoms with van der Waals surface area (Å²) in [6.45, 7) is 3.62. The molecule has 0 saturated carbocycles. The van der Waals surface area contributed by atoms with Crippen molar-refractivity contribution in [2.75, 3.05) is 37.6 Å². The van der Waals surface area contributed by atoms with Crippen LogP contribution in [0.2, 0.25) is 5.02 Å². The Bertz CT molecular complexity index is 515. The first-order valence-corrected chi connectivity index (χ1v) is 8.20. The van der Waals surface area contributed by atoms with Crippen LogP contribution in [0.15, 0.2) is 24.3 Å². The van der Waals surface area contributed by atoms with Crippen LogP contribution in [0.1, 0.15) is 12.8 Å². The molecular weight excluding hydrogens is 302 g/mol. The highest BCUT2D eigenvalue weighted by Gasteiger charge is 2.34. The highest BCUT2D eigenvalue weighted by molar-refractivity contribution is 6.30. The molecule has 1 aromatic carbocycles. The standard InChI is InChI=1S/C16H22ClN3O2/c17-12-1-3-13(4-2-12)19-7-9-20(10-8-19)16(21)15-6-5-14(11-18)22-15/h1-4,14-15H,5-11,18H2/t14-,15+/m1/s1. The lowest BCUT2D eigenvalue weighted by atomic mass is 10.1. The summed E-state index contributed by atoms with van der Waals surface area (Å²) < 4.78 is 5.71. The summed E-state index contributed by atoms with van der Waals surface area (Å²) in [4.78, 5) is 16.7. The number of benzene rings is 1. The summed E-state index contributed by atoms with van der Waals surface area (Å²) in [5, 5.41) is 0.741. The molecule has 6 heteroatoms. The van der Waals surface area contributed by atoms with Crippen LogP contribution in [0.4, 0.5) is 5.69 Å². The van der Waals surface area contributed by atoms with Crippen molar-refractivity contribution in [2.24, 2.45) is 5.73 Å². The van der Waals surface area contributed by atoms with E-state index in [1.807, 2.05) is 29.2 Å². The first kappa shape index (κ1) is 15.6. The second kappa shape index (κ2) is 6.86. The molecule has 2 N–H and O–H groups in total. The Hall–Kier alpha value is -1.30. The molecule has 0 spiro atoms. The van der Waals surface area contributed by atoms with E-state index in [1.165, 1.54) is 0 Å². The molecule has 120 valence electrons. The fourth-order valence-corrected chi connectivity index (χ4v) is 3.23. The zero-order chi connectivity index (χ0) is 15.5. The minimum atomic E-state index is -0.296. The average molecular weight is 324 g/mol.